The minimum Gasteiger partial charge on any atom is -0.346 e. The minimum atomic E-state index is -0.411. The highest BCUT2D eigenvalue weighted by molar-refractivity contribution is 7.98. The van der Waals surface area contributed by atoms with E-state index in [1.807, 2.05) is 12.5 Å². The Kier molecular flexibility index (Phi) is 4.66. The molecular formula is C12H20N4OS. The summed E-state index contributed by atoms with van der Waals surface area (Å²) >= 11 is 1.71. The van der Waals surface area contributed by atoms with Crippen molar-refractivity contribution in [2.45, 2.75) is 37.8 Å². The van der Waals surface area contributed by atoms with Crippen molar-refractivity contribution in [1.29, 1.82) is 0 Å². The smallest absolute Gasteiger partial charge is 0.237 e. The molecule has 1 aromatic heterocycles. The molecule has 0 saturated heterocycles. The maximum absolute atomic E-state index is 12.0. The molecular weight excluding hydrogens is 248 g/mol. The van der Waals surface area contributed by atoms with Crippen LogP contribution in [0.4, 0.5) is 0 Å². The first-order valence-electron chi connectivity index (χ1n) is 6.29. The van der Waals surface area contributed by atoms with Crippen molar-refractivity contribution in [1.82, 2.24) is 15.5 Å². The van der Waals surface area contributed by atoms with Crippen LogP contribution in [-0.2, 0) is 11.2 Å². The zero-order chi connectivity index (χ0) is 13.0. The van der Waals surface area contributed by atoms with Gasteiger partial charge in [0.1, 0.15) is 0 Å². The molecule has 5 nitrogen and oxygen atoms in total. The Morgan fingerprint density at radius 3 is 3.39 bits per heavy atom. The molecule has 1 aliphatic carbocycles. The van der Waals surface area contributed by atoms with Gasteiger partial charge < -0.3 is 11.1 Å². The third-order valence-electron chi connectivity index (χ3n) is 3.32. The second-order valence-electron chi connectivity index (χ2n) is 4.65. The number of aromatic amines is 1. The molecule has 1 heterocycles. The molecule has 0 fully saturated rings. The standard InChI is InChI=1S/C12H20N4OS/c1-18-6-5-9(13)12(17)15-10-4-2-3-8-7-14-16-11(8)10/h7,9-10H,2-6,13H2,1H3,(H,14,16)(H,15,17)/t9-,10?/m0/s1. The molecule has 0 aliphatic heterocycles. The molecule has 1 unspecified atom stereocenters. The number of carbonyl (C=O) groups is 1. The molecule has 2 rings (SSSR count). The van der Waals surface area contributed by atoms with Crippen molar-refractivity contribution in [2.75, 3.05) is 12.0 Å². The zero-order valence-electron chi connectivity index (χ0n) is 10.6. The maximum atomic E-state index is 12.0. The summed E-state index contributed by atoms with van der Waals surface area (Å²) in [7, 11) is 0. The van der Waals surface area contributed by atoms with Crippen molar-refractivity contribution < 1.29 is 4.79 Å². The maximum Gasteiger partial charge on any atom is 0.237 e. The van der Waals surface area contributed by atoms with E-state index >= 15 is 0 Å². The van der Waals surface area contributed by atoms with Crippen LogP contribution in [0, 0.1) is 0 Å². The Labute approximate surface area is 111 Å². The number of hydrogen-bond donors (Lipinski definition) is 3. The Balaban J connectivity index is 1.93. The minimum absolute atomic E-state index is 0.0454. The predicted octanol–water partition coefficient (Wildman–Crippen LogP) is 0.984. The van der Waals surface area contributed by atoms with Gasteiger partial charge in [0.05, 0.1) is 24.0 Å². The van der Waals surface area contributed by atoms with E-state index in [2.05, 4.69) is 15.5 Å². The Morgan fingerprint density at radius 1 is 1.78 bits per heavy atom. The average molecular weight is 268 g/mol. The Morgan fingerprint density at radius 2 is 2.61 bits per heavy atom. The van der Waals surface area contributed by atoms with E-state index in [-0.39, 0.29) is 11.9 Å². The van der Waals surface area contributed by atoms with Crippen molar-refractivity contribution in [2.24, 2.45) is 5.73 Å². The van der Waals surface area contributed by atoms with Gasteiger partial charge in [0, 0.05) is 0 Å². The molecule has 0 radical (unpaired) electrons. The lowest BCUT2D eigenvalue weighted by Crippen LogP contribution is -2.43. The van der Waals surface area contributed by atoms with Crippen LogP contribution >= 0.6 is 11.8 Å². The topological polar surface area (TPSA) is 83.8 Å². The van der Waals surface area contributed by atoms with E-state index in [1.165, 1.54) is 5.56 Å². The SMILES string of the molecule is CSCC[C@H](N)C(=O)NC1CCCc2cn[nH]c21. The summed E-state index contributed by atoms with van der Waals surface area (Å²) in [6, 6.07) is -0.366. The lowest BCUT2D eigenvalue weighted by molar-refractivity contribution is -0.123. The molecule has 0 saturated carbocycles. The fourth-order valence-corrected chi connectivity index (χ4v) is 2.75. The van der Waals surface area contributed by atoms with Crippen molar-refractivity contribution in [3.05, 3.63) is 17.5 Å². The van der Waals surface area contributed by atoms with Crippen molar-refractivity contribution in [3.63, 3.8) is 0 Å². The van der Waals surface area contributed by atoms with E-state index in [0.29, 0.717) is 0 Å². The number of hydrogen-bond acceptors (Lipinski definition) is 4. The highest BCUT2D eigenvalue weighted by Gasteiger charge is 2.25. The number of carbonyl (C=O) groups excluding carboxylic acids is 1. The normalized spacial score (nSPS) is 20.2. The lowest BCUT2D eigenvalue weighted by Gasteiger charge is -2.24. The van der Waals surface area contributed by atoms with Gasteiger partial charge in [0.25, 0.3) is 0 Å². The van der Waals surface area contributed by atoms with Crippen LogP contribution in [-0.4, -0.2) is 34.2 Å². The fraction of sp³-hybridized carbons (Fsp3) is 0.667. The second-order valence-corrected chi connectivity index (χ2v) is 5.64. The first-order valence-corrected chi connectivity index (χ1v) is 7.68. The first kappa shape index (κ1) is 13.4. The number of amides is 1. The fourth-order valence-electron chi connectivity index (χ4n) is 2.26. The molecule has 0 spiro atoms. The number of nitrogens with one attached hydrogen (secondary N) is 2. The Hall–Kier alpha value is -1.01. The van der Waals surface area contributed by atoms with E-state index in [0.717, 1.165) is 37.1 Å². The van der Waals surface area contributed by atoms with Gasteiger partial charge in [-0.05, 0) is 43.3 Å². The number of nitrogens with two attached hydrogens (primary N) is 1. The van der Waals surface area contributed by atoms with Gasteiger partial charge in [-0.25, -0.2) is 0 Å². The van der Waals surface area contributed by atoms with Crippen LogP contribution < -0.4 is 11.1 Å². The van der Waals surface area contributed by atoms with Crippen LogP contribution in [0.25, 0.3) is 0 Å². The molecule has 4 N–H and O–H groups in total. The number of thioether (sulfide) groups is 1. The van der Waals surface area contributed by atoms with Gasteiger partial charge in [-0.2, -0.15) is 16.9 Å². The number of fused-ring (bicyclic) bond motifs is 1. The van der Waals surface area contributed by atoms with Crippen LogP contribution in [0.1, 0.15) is 36.6 Å². The first-order chi connectivity index (χ1) is 8.72. The van der Waals surface area contributed by atoms with Gasteiger partial charge in [-0.1, -0.05) is 0 Å². The third-order valence-corrected chi connectivity index (χ3v) is 3.97. The van der Waals surface area contributed by atoms with E-state index in [1.54, 1.807) is 11.8 Å². The quantitative estimate of drug-likeness (QED) is 0.743. The van der Waals surface area contributed by atoms with Crippen LogP contribution in [0.2, 0.25) is 0 Å². The highest BCUT2D eigenvalue weighted by atomic mass is 32.2. The zero-order valence-corrected chi connectivity index (χ0v) is 11.4. The highest BCUT2D eigenvalue weighted by Crippen LogP contribution is 2.27. The second kappa shape index (κ2) is 6.24. The molecule has 1 amide bonds. The van der Waals surface area contributed by atoms with Gasteiger partial charge in [-0.3, -0.25) is 9.89 Å². The van der Waals surface area contributed by atoms with E-state index in [9.17, 15) is 4.79 Å². The van der Waals surface area contributed by atoms with Crippen LogP contribution in [0.15, 0.2) is 6.20 Å². The van der Waals surface area contributed by atoms with Crippen molar-refractivity contribution >= 4 is 17.7 Å². The summed E-state index contributed by atoms with van der Waals surface area (Å²) in [6.07, 6.45) is 7.66. The third kappa shape index (κ3) is 3.05. The molecule has 100 valence electrons. The number of rotatable bonds is 5. The number of nitrogens with zero attached hydrogens (tertiary/aromatic N) is 1. The summed E-state index contributed by atoms with van der Waals surface area (Å²) < 4.78 is 0. The molecule has 1 aliphatic rings. The van der Waals surface area contributed by atoms with Crippen LogP contribution in [0.5, 0.6) is 0 Å². The number of aromatic nitrogens is 2. The summed E-state index contributed by atoms with van der Waals surface area (Å²) in [6.45, 7) is 0. The molecule has 2 atom stereocenters. The summed E-state index contributed by atoms with van der Waals surface area (Å²) in [4.78, 5) is 12.0. The molecule has 6 heteroatoms. The average Bonchev–Trinajstić information content (AvgIpc) is 2.85. The summed E-state index contributed by atoms with van der Waals surface area (Å²) in [5.41, 5.74) is 8.12. The largest absolute Gasteiger partial charge is 0.346 e. The van der Waals surface area contributed by atoms with Gasteiger partial charge in [0.2, 0.25) is 5.91 Å². The lowest BCUT2D eigenvalue weighted by atomic mass is 9.93. The monoisotopic (exact) mass is 268 g/mol. The van der Waals surface area contributed by atoms with Gasteiger partial charge >= 0.3 is 0 Å². The molecule has 18 heavy (non-hydrogen) atoms. The summed E-state index contributed by atoms with van der Waals surface area (Å²) in [5, 5.41) is 10.1. The molecule has 0 bridgehead atoms. The summed E-state index contributed by atoms with van der Waals surface area (Å²) in [5.74, 6) is 0.852. The number of aryl methyl sites for hydroxylation is 1. The molecule has 0 aromatic carbocycles. The predicted molar refractivity (Wildman–Crippen MR) is 73.4 cm³/mol. The van der Waals surface area contributed by atoms with Crippen molar-refractivity contribution in [3.8, 4) is 0 Å². The van der Waals surface area contributed by atoms with Crippen LogP contribution in [0.3, 0.4) is 0 Å². The Bertz CT molecular complexity index is 407. The number of H-pyrrole nitrogens is 1. The molecule has 1 aromatic rings. The van der Waals surface area contributed by atoms with E-state index < -0.39 is 6.04 Å². The van der Waals surface area contributed by atoms with E-state index in [4.69, 9.17) is 5.73 Å². The van der Waals surface area contributed by atoms with Gasteiger partial charge in [-0.15, -0.1) is 0 Å². The van der Waals surface area contributed by atoms with Gasteiger partial charge in [0.15, 0.2) is 0 Å².